The van der Waals surface area contributed by atoms with Crippen molar-refractivity contribution in [2.24, 2.45) is 0 Å². The molecule has 0 unspecified atom stereocenters. The highest BCUT2D eigenvalue weighted by Gasteiger charge is 2.25. The Morgan fingerprint density at radius 2 is 2.00 bits per heavy atom. The molecule has 4 heteroatoms. The van der Waals surface area contributed by atoms with Crippen LogP contribution in [0.1, 0.15) is 42.9 Å². The van der Waals surface area contributed by atoms with Gasteiger partial charge in [-0.05, 0) is 48.4 Å². The quantitative estimate of drug-likeness (QED) is 0.623. The Morgan fingerprint density at radius 1 is 1.22 bits per heavy atom. The molecule has 0 saturated heterocycles. The van der Waals surface area contributed by atoms with Crippen LogP contribution in [0.3, 0.4) is 0 Å². The lowest BCUT2D eigenvalue weighted by Gasteiger charge is -2.29. The number of rotatable bonds is 4. The Kier molecular flexibility index (Phi) is 5.61. The van der Waals surface area contributed by atoms with Crippen LogP contribution < -0.4 is 10.2 Å². The number of hydrogen-bond donors (Lipinski definition) is 1. The normalized spacial score (nSPS) is 13.9. The molecule has 0 aromatic heterocycles. The fourth-order valence-corrected chi connectivity index (χ4v) is 3.54. The molecular weight excluding hydrogens is 334 g/mol. The van der Waals surface area contributed by atoms with Gasteiger partial charge >= 0.3 is 0 Å². The van der Waals surface area contributed by atoms with Gasteiger partial charge in [-0.1, -0.05) is 50.2 Å². The monoisotopic (exact) mass is 359 g/mol. The van der Waals surface area contributed by atoms with Crippen LogP contribution in [-0.2, 0) is 11.2 Å². The number of nitriles is 1. The van der Waals surface area contributed by atoms with Gasteiger partial charge in [0, 0.05) is 24.1 Å². The van der Waals surface area contributed by atoms with E-state index in [1.54, 1.807) is 11.1 Å². The molecule has 0 bridgehead atoms. The van der Waals surface area contributed by atoms with E-state index in [9.17, 15) is 10.1 Å². The van der Waals surface area contributed by atoms with Crippen molar-refractivity contribution in [1.29, 1.82) is 5.26 Å². The van der Waals surface area contributed by atoms with Crippen molar-refractivity contribution >= 4 is 17.3 Å². The molecule has 0 atom stereocenters. The van der Waals surface area contributed by atoms with Crippen molar-refractivity contribution in [1.82, 2.24) is 0 Å². The number of amides is 1. The summed E-state index contributed by atoms with van der Waals surface area (Å²) in [5, 5.41) is 12.8. The summed E-state index contributed by atoms with van der Waals surface area (Å²) < 4.78 is 0. The van der Waals surface area contributed by atoms with Gasteiger partial charge in [0.2, 0.25) is 0 Å². The largest absolute Gasteiger partial charge is 0.360 e. The van der Waals surface area contributed by atoms with E-state index in [0.717, 1.165) is 35.3 Å². The number of fused-ring (bicyclic) bond motifs is 1. The smallest absolute Gasteiger partial charge is 0.270 e. The Bertz CT molecular complexity index is 921. The van der Waals surface area contributed by atoms with E-state index in [-0.39, 0.29) is 11.5 Å². The minimum Gasteiger partial charge on any atom is -0.360 e. The van der Waals surface area contributed by atoms with Crippen molar-refractivity contribution < 1.29 is 4.79 Å². The van der Waals surface area contributed by atoms with Crippen molar-refractivity contribution in [2.45, 2.75) is 39.5 Å². The van der Waals surface area contributed by atoms with Gasteiger partial charge in [-0.3, -0.25) is 4.79 Å². The second-order valence-electron chi connectivity index (χ2n) is 7.20. The first-order valence-electron chi connectivity index (χ1n) is 9.39. The zero-order valence-corrected chi connectivity index (χ0v) is 16.1. The lowest BCUT2D eigenvalue weighted by Crippen LogP contribution is -2.36. The Balaban J connectivity index is 1.89. The van der Waals surface area contributed by atoms with Gasteiger partial charge in [-0.2, -0.15) is 5.26 Å². The van der Waals surface area contributed by atoms with Crippen LogP contribution in [0.5, 0.6) is 0 Å². The van der Waals surface area contributed by atoms with Crippen molar-refractivity contribution in [3.05, 3.63) is 70.9 Å². The van der Waals surface area contributed by atoms with Gasteiger partial charge in [-0.25, -0.2) is 0 Å². The third-order valence-electron chi connectivity index (χ3n) is 4.99. The summed E-state index contributed by atoms with van der Waals surface area (Å²) in [6.07, 6.45) is 3.42. The number of anilines is 2. The zero-order chi connectivity index (χ0) is 19.4. The van der Waals surface area contributed by atoms with E-state index < -0.39 is 0 Å². The van der Waals surface area contributed by atoms with Crippen molar-refractivity contribution in [3.63, 3.8) is 0 Å². The summed E-state index contributed by atoms with van der Waals surface area (Å²) in [6, 6.07) is 16.1. The first kappa shape index (κ1) is 18.7. The highest BCUT2D eigenvalue weighted by atomic mass is 16.2. The summed E-state index contributed by atoms with van der Waals surface area (Å²) in [7, 11) is 0. The molecule has 4 nitrogen and oxygen atoms in total. The Labute approximate surface area is 161 Å². The first-order valence-corrected chi connectivity index (χ1v) is 9.39. The highest BCUT2D eigenvalue weighted by Crippen LogP contribution is 2.29. The lowest BCUT2D eigenvalue weighted by molar-refractivity contribution is -0.114. The van der Waals surface area contributed by atoms with Crippen LogP contribution in [0.2, 0.25) is 0 Å². The molecule has 3 rings (SSSR count). The topological polar surface area (TPSA) is 56.1 Å². The van der Waals surface area contributed by atoms with Crippen LogP contribution >= 0.6 is 0 Å². The third kappa shape index (κ3) is 3.88. The van der Waals surface area contributed by atoms with E-state index >= 15 is 0 Å². The molecule has 0 spiro atoms. The summed E-state index contributed by atoms with van der Waals surface area (Å²) in [5.74, 6) is 0.0906. The van der Waals surface area contributed by atoms with Crippen LogP contribution in [0.15, 0.2) is 54.2 Å². The molecule has 2 aromatic carbocycles. The molecule has 1 N–H and O–H groups in total. The third-order valence-corrected chi connectivity index (χ3v) is 4.99. The molecule has 1 heterocycles. The second kappa shape index (κ2) is 8.09. The molecule has 138 valence electrons. The Hall–Kier alpha value is -3.06. The number of para-hydroxylation sites is 2. The van der Waals surface area contributed by atoms with Crippen LogP contribution in [0.25, 0.3) is 0 Å². The maximum absolute atomic E-state index is 13.0. The Morgan fingerprint density at radius 3 is 2.74 bits per heavy atom. The van der Waals surface area contributed by atoms with E-state index in [4.69, 9.17) is 0 Å². The fourth-order valence-electron chi connectivity index (χ4n) is 3.54. The summed E-state index contributed by atoms with van der Waals surface area (Å²) in [4.78, 5) is 14.7. The first-order chi connectivity index (χ1) is 13.0. The molecule has 0 aliphatic carbocycles. The molecule has 0 fully saturated rings. The fraction of sp³-hybridized carbons (Fsp3) is 0.304. The molecule has 27 heavy (non-hydrogen) atoms. The van der Waals surface area contributed by atoms with E-state index in [1.165, 1.54) is 5.56 Å². The summed E-state index contributed by atoms with van der Waals surface area (Å²) >= 11 is 0. The van der Waals surface area contributed by atoms with Crippen LogP contribution in [0.4, 0.5) is 11.4 Å². The molecule has 1 aliphatic heterocycles. The number of carbonyl (C=O) groups excluding carboxylic acids is 1. The van der Waals surface area contributed by atoms with Crippen molar-refractivity contribution in [3.8, 4) is 6.07 Å². The van der Waals surface area contributed by atoms with Crippen molar-refractivity contribution in [2.75, 3.05) is 16.8 Å². The average Bonchev–Trinajstić information content (AvgIpc) is 2.68. The van der Waals surface area contributed by atoms with Gasteiger partial charge in [0.25, 0.3) is 5.91 Å². The minimum absolute atomic E-state index is 0.115. The van der Waals surface area contributed by atoms with Gasteiger partial charge in [0.1, 0.15) is 11.6 Å². The van der Waals surface area contributed by atoms with E-state index in [0.29, 0.717) is 12.5 Å². The standard InChI is InChI=1S/C23H25N3O/c1-16(2)20-11-6-8-17(3)22(20)25-15-19(14-24)23(27)26-13-7-10-18-9-4-5-12-21(18)26/h4-6,8-9,11-12,15-16,25H,7,10,13H2,1-3H3/b19-15-. The number of aryl methyl sites for hydroxylation is 2. The number of carbonyl (C=O) groups is 1. The SMILES string of the molecule is Cc1cccc(C(C)C)c1N/C=C(/C#N)C(=O)N1CCCc2ccccc21. The zero-order valence-electron chi connectivity index (χ0n) is 16.1. The predicted molar refractivity (Wildman–Crippen MR) is 110 cm³/mol. The number of nitrogens with one attached hydrogen (secondary N) is 1. The van der Waals surface area contributed by atoms with E-state index in [1.807, 2.05) is 43.3 Å². The van der Waals surface area contributed by atoms with Gasteiger partial charge < -0.3 is 10.2 Å². The molecule has 0 saturated carbocycles. The summed E-state index contributed by atoms with van der Waals surface area (Å²) in [5.41, 5.74) is 5.40. The predicted octanol–water partition coefficient (Wildman–Crippen LogP) is 4.92. The molecule has 2 aromatic rings. The van der Waals surface area contributed by atoms with E-state index in [2.05, 4.69) is 31.3 Å². The minimum atomic E-state index is -0.253. The molecule has 1 amide bonds. The second-order valence-corrected chi connectivity index (χ2v) is 7.20. The molecular formula is C23H25N3O. The average molecular weight is 359 g/mol. The van der Waals surface area contributed by atoms with Gasteiger partial charge in [0.05, 0.1) is 0 Å². The maximum atomic E-state index is 13.0. The van der Waals surface area contributed by atoms with Crippen LogP contribution in [-0.4, -0.2) is 12.5 Å². The molecule has 0 radical (unpaired) electrons. The van der Waals surface area contributed by atoms with Gasteiger partial charge in [-0.15, -0.1) is 0 Å². The number of nitrogens with zero attached hydrogens (tertiary/aromatic N) is 2. The van der Waals surface area contributed by atoms with Crippen LogP contribution in [0, 0.1) is 18.3 Å². The van der Waals surface area contributed by atoms with Gasteiger partial charge in [0.15, 0.2) is 0 Å². The lowest BCUT2D eigenvalue weighted by atomic mass is 9.98. The maximum Gasteiger partial charge on any atom is 0.270 e. The summed E-state index contributed by atoms with van der Waals surface area (Å²) in [6.45, 7) is 6.92. The molecule has 1 aliphatic rings. The number of benzene rings is 2. The highest BCUT2D eigenvalue weighted by molar-refractivity contribution is 6.09. The number of hydrogen-bond acceptors (Lipinski definition) is 3.